The molecule has 0 aromatic heterocycles. The Morgan fingerprint density at radius 3 is 2.23 bits per heavy atom. The van der Waals surface area contributed by atoms with Crippen LogP contribution in [0.15, 0.2) is 77.7 Å². The van der Waals surface area contributed by atoms with Gasteiger partial charge in [0.1, 0.15) is 12.6 Å². The van der Waals surface area contributed by atoms with Gasteiger partial charge in [0, 0.05) is 17.6 Å². The fourth-order valence-electron chi connectivity index (χ4n) is 3.93. The van der Waals surface area contributed by atoms with E-state index in [1.54, 1.807) is 25.1 Å². The fraction of sp³-hybridized carbons (Fsp3) is 0.310. The minimum absolute atomic E-state index is 0.0122. The third-order valence-electron chi connectivity index (χ3n) is 6.56. The zero-order valence-corrected chi connectivity index (χ0v) is 24.7. The summed E-state index contributed by atoms with van der Waals surface area (Å²) in [5, 5.41) is 3.29. The van der Waals surface area contributed by atoms with E-state index in [9.17, 15) is 18.0 Å². The largest absolute Gasteiger partial charge is 0.352 e. The number of benzene rings is 3. The molecule has 0 saturated carbocycles. The van der Waals surface area contributed by atoms with Crippen LogP contribution in [0.5, 0.6) is 0 Å². The van der Waals surface area contributed by atoms with Gasteiger partial charge in [-0.3, -0.25) is 13.9 Å². The molecule has 2 amide bonds. The van der Waals surface area contributed by atoms with Gasteiger partial charge in [-0.25, -0.2) is 8.42 Å². The van der Waals surface area contributed by atoms with E-state index < -0.39 is 28.5 Å². The molecule has 0 fully saturated rings. The summed E-state index contributed by atoms with van der Waals surface area (Å²) in [7, 11) is -4.23. The number of rotatable bonds is 11. The smallest absolute Gasteiger partial charge is 0.264 e. The zero-order chi connectivity index (χ0) is 28.7. The van der Waals surface area contributed by atoms with Crippen molar-refractivity contribution in [3.63, 3.8) is 0 Å². The average Bonchev–Trinajstić information content (AvgIpc) is 2.92. The van der Waals surface area contributed by atoms with Gasteiger partial charge in [-0.1, -0.05) is 72.6 Å². The van der Waals surface area contributed by atoms with Crippen molar-refractivity contribution in [3.05, 3.63) is 94.0 Å². The summed E-state index contributed by atoms with van der Waals surface area (Å²) < 4.78 is 28.6. The third kappa shape index (κ3) is 7.53. The Labute approximate surface area is 240 Å². The fourth-order valence-corrected chi connectivity index (χ4v) is 5.81. The van der Waals surface area contributed by atoms with E-state index >= 15 is 0 Å². The second-order valence-electron chi connectivity index (χ2n) is 9.36. The van der Waals surface area contributed by atoms with Crippen LogP contribution in [0, 0.1) is 6.92 Å². The lowest BCUT2D eigenvalue weighted by molar-refractivity contribution is -0.139. The topological polar surface area (TPSA) is 86.8 Å². The number of carbonyl (C=O) groups is 2. The van der Waals surface area contributed by atoms with Crippen LogP contribution in [0.3, 0.4) is 0 Å². The standard InChI is InChI=1S/C29H33Cl2N3O4S/c1-5-21(3)32-29(36)22(4)33(18-23-12-10-9-11-20(23)2)28(35)19-34(27-17-24(30)15-16-26(27)31)39(37,38)25-13-7-6-8-14-25/h6-17,21-22H,5,18-19H2,1-4H3,(H,32,36)/t21-,22-/m1/s1. The van der Waals surface area contributed by atoms with Crippen molar-refractivity contribution < 1.29 is 18.0 Å². The zero-order valence-electron chi connectivity index (χ0n) is 22.4. The van der Waals surface area contributed by atoms with E-state index in [4.69, 9.17) is 23.2 Å². The Bertz CT molecular complexity index is 1420. The molecule has 2 atom stereocenters. The van der Waals surface area contributed by atoms with Gasteiger partial charge in [-0.2, -0.15) is 0 Å². The first kappa shape index (κ1) is 30.5. The first-order chi connectivity index (χ1) is 18.4. The van der Waals surface area contributed by atoms with E-state index in [1.165, 1.54) is 35.2 Å². The lowest BCUT2D eigenvalue weighted by atomic mass is 10.1. The van der Waals surface area contributed by atoms with Crippen LogP contribution in [-0.2, 0) is 26.2 Å². The molecule has 39 heavy (non-hydrogen) atoms. The van der Waals surface area contributed by atoms with Gasteiger partial charge in [-0.05, 0) is 68.7 Å². The average molecular weight is 591 g/mol. The van der Waals surface area contributed by atoms with Crippen molar-refractivity contribution in [2.45, 2.75) is 57.6 Å². The molecule has 0 unspecified atom stereocenters. The molecule has 0 saturated heterocycles. The molecule has 0 aliphatic carbocycles. The molecule has 7 nitrogen and oxygen atoms in total. The van der Waals surface area contributed by atoms with E-state index in [1.807, 2.05) is 45.0 Å². The van der Waals surface area contributed by atoms with Crippen LogP contribution >= 0.6 is 23.2 Å². The van der Waals surface area contributed by atoms with Crippen LogP contribution in [0.25, 0.3) is 0 Å². The normalized spacial score (nSPS) is 12.9. The van der Waals surface area contributed by atoms with Crippen molar-refractivity contribution >= 4 is 50.7 Å². The van der Waals surface area contributed by atoms with Gasteiger partial charge in [0.05, 0.1) is 15.6 Å². The van der Waals surface area contributed by atoms with Gasteiger partial charge in [0.2, 0.25) is 11.8 Å². The van der Waals surface area contributed by atoms with Crippen molar-refractivity contribution in [2.75, 3.05) is 10.8 Å². The number of sulfonamides is 1. The first-order valence-electron chi connectivity index (χ1n) is 12.6. The van der Waals surface area contributed by atoms with Gasteiger partial charge < -0.3 is 10.2 Å². The summed E-state index contributed by atoms with van der Waals surface area (Å²) in [6, 6.07) is 18.8. The van der Waals surface area contributed by atoms with Gasteiger partial charge in [-0.15, -0.1) is 0 Å². The van der Waals surface area contributed by atoms with Crippen molar-refractivity contribution in [1.29, 1.82) is 0 Å². The summed E-state index contributed by atoms with van der Waals surface area (Å²) in [6.45, 7) is 6.91. The summed E-state index contributed by atoms with van der Waals surface area (Å²) >= 11 is 12.6. The number of halogens is 2. The van der Waals surface area contributed by atoms with Crippen LogP contribution in [0.2, 0.25) is 10.0 Å². The molecule has 0 spiro atoms. The second kappa shape index (κ2) is 13.3. The molecule has 0 aliphatic rings. The summed E-state index contributed by atoms with van der Waals surface area (Å²) in [5.74, 6) is -0.898. The number of carbonyl (C=O) groups excluding carboxylic acids is 2. The minimum atomic E-state index is -4.23. The molecule has 0 bridgehead atoms. The van der Waals surface area contributed by atoms with Gasteiger partial charge in [0.25, 0.3) is 10.0 Å². The number of hydrogen-bond acceptors (Lipinski definition) is 4. The Hall–Kier alpha value is -3.07. The molecule has 0 radical (unpaired) electrons. The molecule has 3 aromatic rings. The summed E-state index contributed by atoms with van der Waals surface area (Å²) in [5.41, 5.74) is 1.85. The number of hydrogen-bond donors (Lipinski definition) is 1. The van der Waals surface area contributed by atoms with Crippen LogP contribution < -0.4 is 9.62 Å². The predicted octanol–water partition coefficient (Wildman–Crippen LogP) is 5.83. The highest BCUT2D eigenvalue weighted by molar-refractivity contribution is 7.92. The minimum Gasteiger partial charge on any atom is -0.352 e. The highest BCUT2D eigenvalue weighted by atomic mass is 35.5. The SMILES string of the molecule is CC[C@@H](C)NC(=O)[C@@H](C)N(Cc1ccccc1C)C(=O)CN(c1cc(Cl)ccc1Cl)S(=O)(=O)c1ccccc1. The Morgan fingerprint density at radius 1 is 0.949 bits per heavy atom. The maximum atomic E-state index is 14.0. The molecule has 0 heterocycles. The molecule has 3 aromatic carbocycles. The molecule has 208 valence electrons. The molecule has 3 rings (SSSR count). The molecular weight excluding hydrogens is 557 g/mol. The summed E-state index contributed by atoms with van der Waals surface area (Å²) in [6.07, 6.45) is 0.723. The summed E-state index contributed by atoms with van der Waals surface area (Å²) in [4.78, 5) is 28.5. The Balaban J connectivity index is 2.07. The maximum absolute atomic E-state index is 14.0. The lowest BCUT2D eigenvalue weighted by Crippen LogP contribution is -2.52. The van der Waals surface area contributed by atoms with Gasteiger partial charge >= 0.3 is 0 Å². The molecular formula is C29H33Cl2N3O4S. The van der Waals surface area contributed by atoms with Crippen LogP contribution in [0.1, 0.15) is 38.3 Å². The Kier molecular flexibility index (Phi) is 10.4. The first-order valence-corrected chi connectivity index (χ1v) is 14.8. The van der Waals surface area contributed by atoms with E-state index in [0.29, 0.717) is 0 Å². The lowest BCUT2D eigenvalue weighted by Gasteiger charge is -2.33. The van der Waals surface area contributed by atoms with Crippen molar-refractivity contribution in [1.82, 2.24) is 10.2 Å². The number of anilines is 1. The Morgan fingerprint density at radius 2 is 1.59 bits per heavy atom. The number of nitrogens with one attached hydrogen (secondary N) is 1. The van der Waals surface area contributed by atoms with E-state index in [0.717, 1.165) is 21.9 Å². The molecule has 0 aliphatic heterocycles. The van der Waals surface area contributed by atoms with Crippen molar-refractivity contribution in [3.8, 4) is 0 Å². The van der Waals surface area contributed by atoms with Crippen LogP contribution in [0.4, 0.5) is 5.69 Å². The highest BCUT2D eigenvalue weighted by Gasteiger charge is 2.33. The second-order valence-corrected chi connectivity index (χ2v) is 12.1. The third-order valence-corrected chi connectivity index (χ3v) is 8.89. The van der Waals surface area contributed by atoms with E-state index in [-0.39, 0.29) is 39.1 Å². The monoisotopic (exact) mass is 589 g/mol. The molecule has 1 N–H and O–H groups in total. The number of nitrogens with zero attached hydrogens (tertiary/aromatic N) is 2. The van der Waals surface area contributed by atoms with Crippen molar-refractivity contribution in [2.24, 2.45) is 0 Å². The number of aryl methyl sites for hydroxylation is 1. The van der Waals surface area contributed by atoms with Gasteiger partial charge in [0.15, 0.2) is 0 Å². The quantitative estimate of drug-likeness (QED) is 0.305. The highest BCUT2D eigenvalue weighted by Crippen LogP contribution is 2.33. The van der Waals surface area contributed by atoms with Crippen LogP contribution in [-0.4, -0.2) is 43.8 Å². The van der Waals surface area contributed by atoms with E-state index in [2.05, 4.69) is 5.32 Å². The maximum Gasteiger partial charge on any atom is 0.264 e. The predicted molar refractivity (Wildman–Crippen MR) is 157 cm³/mol. The number of amides is 2. The molecule has 10 heteroatoms.